The summed E-state index contributed by atoms with van der Waals surface area (Å²) < 4.78 is 6.13. The Balaban J connectivity index is 1.82. The van der Waals surface area contributed by atoms with E-state index in [9.17, 15) is 0 Å². The molecule has 3 aliphatic rings. The summed E-state index contributed by atoms with van der Waals surface area (Å²) in [6.07, 6.45) is 3.20. The molecule has 2 bridgehead atoms. The molecule has 0 amide bonds. The van der Waals surface area contributed by atoms with Crippen molar-refractivity contribution >= 4 is 0 Å². The lowest BCUT2D eigenvalue weighted by Gasteiger charge is -2.29. The van der Waals surface area contributed by atoms with E-state index in [0.717, 1.165) is 11.8 Å². The minimum atomic E-state index is 0.235. The monoisotopic (exact) mass is 195 g/mol. The van der Waals surface area contributed by atoms with Crippen molar-refractivity contribution in [2.24, 2.45) is 11.8 Å². The molecule has 3 heterocycles. The van der Waals surface area contributed by atoms with Crippen LogP contribution in [0.25, 0.3) is 0 Å². The molecule has 0 radical (unpaired) electrons. The Morgan fingerprint density at radius 1 is 1.36 bits per heavy atom. The van der Waals surface area contributed by atoms with Gasteiger partial charge in [-0.05, 0) is 33.6 Å². The van der Waals surface area contributed by atoms with Crippen LogP contribution in [0.4, 0.5) is 0 Å². The zero-order valence-corrected chi connectivity index (χ0v) is 9.49. The number of ether oxygens (including phenoxy) is 1. The van der Waals surface area contributed by atoms with Crippen LogP contribution in [0.5, 0.6) is 0 Å². The van der Waals surface area contributed by atoms with E-state index in [2.05, 4.69) is 25.7 Å². The molecule has 2 heteroatoms. The molecule has 0 N–H and O–H groups in total. The fourth-order valence-corrected chi connectivity index (χ4v) is 3.77. The average molecular weight is 195 g/mol. The molecular weight excluding hydrogens is 174 g/mol. The molecule has 80 valence electrons. The van der Waals surface area contributed by atoms with E-state index in [1.165, 1.54) is 25.9 Å². The van der Waals surface area contributed by atoms with Gasteiger partial charge in [0.25, 0.3) is 0 Å². The van der Waals surface area contributed by atoms with Gasteiger partial charge in [0, 0.05) is 31.0 Å². The molecule has 14 heavy (non-hydrogen) atoms. The Morgan fingerprint density at radius 3 is 2.79 bits per heavy atom. The number of hydrogen-bond donors (Lipinski definition) is 0. The van der Waals surface area contributed by atoms with Crippen molar-refractivity contribution in [1.82, 2.24) is 4.90 Å². The number of nitrogens with zero attached hydrogens (tertiary/aromatic N) is 1. The van der Waals surface area contributed by atoms with Gasteiger partial charge in [-0.2, -0.15) is 0 Å². The van der Waals surface area contributed by atoms with Gasteiger partial charge in [-0.3, -0.25) is 0 Å². The summed E-state index contributed by atoms with van der Waals surface area (Å²) in [4.78, 5) is 2.63. The average Bonchev–Trinajstić information content (AvgIpc) is 2.70. The van der Waals surface area contributed by atoms with E-state index in [4.69, 9.17) is 4.74 Å². The highest BCUT2D eigenvalue weighted by Crippen LogP contribution is 2.54. The normalized spacial score (nSPS) is 51.9. The second kappa shape index (κ2) is 2.73. The van der Waals surface area contributed by atoms with E-state index in [1.54, 1.807) is 0 Å². The Labute approximate surface area is 86.6 Å². The van der Waals surface area contributed by atoms with Gasteiger partial charge < -0.3 is 9.64 Å². The highest BCUT2D eigenvalue weighted by molar-refractivity contribution is 5.09. The Hall–Kier alpha value is -0.0800. The molecule has 3 rings (SSSR count). The van der Waals surface area contributed by atoms with Crippen LogP contribution in [0.3, 0.4) is 0 Å². The molecule has 3 saturated heterocycles. The van der Waals surface area contributed by atoms with Crippen molar-refractivity contribution in [2.45, 2.75) is 51.4 Å². The standard InChI is InChI=1S/C12H21NO/c1-8(2)13-6-9-10(7-13)12(3)5-4-11(9)14-12/h8-11H,4-7H2,1-3H3. The predicted molar refractivity (Wildman–Crippen MR) is 56.2 cm³/mol. The van der Waals surface area contributed by atoms with Gasteiger partial charge >= 0.3 is 0 Å². The van der Waals surface area contributed by atoms with Gasteiger partial charge in [-0.1, -0.05) is 0 Å². The largest absolute Gasteiger partial charge is 0.371 e. The van der Waals surface area contributed by atoms with Crippen LogP contribution in [0.1, 0.15) is 33.6 Å². The second-order valence-corrected chi connectivity index (χ2v) is 5.83. The summed E-state index contributed by atoms with van der Waals surface area (Å²) in [5.41, 5.74) is 0.235. The fourth-order valence-electron chi connectivity index (χ4n) is 3.77. The molecule has 3 aliphatic heterocycles. The zero-order valence-electron chi connectivity index (χ0n) is 9.49. The van der Waals surface area contributed by atoms with Crippen LogP contribution >= 0.6 is 0 Å². The summed E-state index contributed by atoms with van der Waals surface area (Å²) in [5, 5.41) is 0. The molecule has 4 atom stereocenters. The smallest absolute Gasteiger partial charge is 0.0703 e. The van der Waals surface area contributed by atoms with Crippen molar-refractivity contribution in [3.8, 4) is 0 Å². The van der Waals surface area contributed by atoms with Crippen LogP contribution in [0.15, 0.2) is 0 Å². The topological polar surface area (TPSA) is 12.5 Å². The number of rotatable bonds is 1. The number of likely N-dealkylation sites (tertiary alicyclic amines) is 1. The lowest BCUT2D eigenvalue weighted by Crippen LogP contribution is -2.36. The van der Waals surface area contributed by atoms with Crippen molar-refractivity contribution in [3.05, 3.63) is 0 Å². The molecule has 0 saturated carbocycles. The Morgan fingerprint density at radius 2 is 2.14 bits per heavy atom. The maximum absolute atomic E-state index is 6.13. The van der Waals surface area contributed by atoms with Gasteiger partial charge in [-0.25, -0.2) is 0 Å². The first-order chi connectivity index (χ1) is 6.60. The van der Waals surface area contributed by atoms with Gasteiger partial charge in [0.05, 0.1) is 11.7 Å². The van der Waals surface area contributed by atoms with Gasteiger partial charge in [0.15, 0.2) is 0 Å². The minimum Gasteiger partial charge on any atom is -0.371 e. The Bertz CT molecular complexity index is 253. The summed E-state index contributed by atoms with van der Waals surface area (Å²) in [5.74, 6) is 1.67. The minimum absolute atomic E-state index is 0.235. The first-order valence-corrected chi connectivity index (χ1v) is 6.02. The Kier molecular flexibility index (Phi) is 1.79. The van der Waals surface area contributed by atoms with Gasteiger partial charge in [0.1, 0.15) is 0 Å². The fraction of sp³-hybridized carbons (Fsp3) is 1.00. The molecular formula is C12H21NO. The molecule has 0 spiro atoms. The summed E-state index contributed by atoms with van der Waals surface area (Å²) in [7, 11) is 0. The SMILES string of the molecule is CC(C)N1CC2C3CCC(C)(O3)C2C1. The summed E-state index contributed by atoms with van der Waals surface area (Å²) >= 11 is 0. The van der Waals surface area contributed by atoms with Crippen LogP contribution in [0.2, 0.25) is 0 Å². The third-order valence-corrected chi connectivity index (χ3v) is 4.73. The van der Waals surface area contributed by atoms with Gasteiger partial charge in [0.2, 0.25) is 0 Å². The third kappa shape index (κ3) is 1.04. The highest BCUT2D eigenvalue weighted by Gasteiger charge is 2.59. The first-order valence-electron chi connectivity index (χ1n) is 6.02. The van der Waals surface area contributed by atoms with Crippen LogP contribution < -0.4 is 0 Å². The van der Waals surface area contributed by atoms with Crippen LogP contribution in [0, 0.1) is 11.8 Å². The van der Waals surface area contributed by atoms with Crippen LogP contribution in [-0.4, -0.2) is 35.7 Å². The quantitative estimate of drug-likeness (QED) is 0.633. The van der Waals surface area contributed by atoms with Crippen LogP contribution in [-0.2, 0) is 4.74 Å². The van der Waals surface area contributed by atoms with E-state index >= 15 is 0 Å². The van der Waals surface area contributed by atoms with Crippen molar-refractivity contribution in [2.75, 3.05) is 13.1 Å². The molecule has 4 unspecified atom stereocenters. The van der Waals surface area contributed by atoms with Crippen molar-refractivity contribution < 1.29 is 4.74 Å². The van der Waals surface area contributed by atoms with E-state index < -0.39 is 0 Å². The number of fused-ring (bicyclic) bond motifs is 5. The maximum atomic E-state index is 6.13. The third-order valence-electron chi connectivity index (χ3n) is 4.73. The van der Waals surface area contributed by atoms with Gasteiger partial charge in [-0.15, -0.1) is 0 Å². The molecule has 0 aromatic rings. The zero-order chi connectivity index (χ0) is 9.92. The van der Waals surface area contributed by atoms with E-state index in [1.807, 2.05) is 0 Å². The van der Waals surface area contributed by atoms with E-state index in [0.29, 0.717) is 12.1 Å². The molecule has 2 nitrogen and oxygen atoms in total. The summed E-state index contributed by atoms with van der Waals surface area (Å²) in [6.45, 7) is 9.51. The first kappa shape index (κ1) is 9.17. The number of hydrogen-bond acceptors (Lipinski definition) is 2. The van der Waals surface area contributed by atoms with E-state index in [-0.39, 0.29) is 5.60 Å². The lowest BCUT2D eigenvalue weighted by atomic mass is 9.75. The van der Waals surface area contributed by atoms with Crippen molar-refractivity contribution in [3.63, 3.8) is 0 Å². The molecule has 0 aromatic heterocycles. The second-order valence-electron chi connectivity index (χ2n) is 5.83. The molecule has 0 aromatic carbocycles. The molecule has 3 fully saturated rings. The lowest BCUT2D eigenvalue weighted by molar-refractivity contribution is -0.00511. The summed E-state index contributed by atoms with van der Waals surface area (Å²) in [6, 6.07) is 0.712. The molecule has 0 aliphatic carbocycles. The van der Waals surface area contributed by atoms with Crippen molar-refractivity contribution in [1.29, 1.82) is 0 Å². The highest BCUT2D eigenvalue weighted by atomic mass is 16.5. The maximum Gasteiger partial charge on any atom is 0.0703 e. The predicted octanol–water partition coefficient (Wildman–Crippen LogP) is 1.89.